The van der Waals surface area contributed by atoms with E-state index in [1.807, 2.05) is 46.3 Å². The van der Waals surface area contributed by atoms with Gasteiger partial charge in [0.1, 0.15) is 5.82 Å². The molecular formula is C28H36ClFN4O3. The summed E-state index contributed by atoms with van der Waals surface area (Å²) in [7, 11) is 0. The summed E-state index contributed by atoms with van der Waals surface area (Å²) in [6.45, 7) is 9.12. The average Bonchev–Trinajstić information content (AvgIpc) is 2.90. The smallest absolute Gasteiger partial charge is 0.224 e. The molecule has 0 spiro atoms. The molecule has 3 atom stereocenters. The fraction of sp³-hybridized carbons (Fsp3) is 0.500. The van der Waals surface area contributed by atoms with Gasteiger partial charge in [0.05, 0.1) is 13.2 Å². The summed E-state index contributed by atoms with van der Waals surface area (Å²) in [5.41, 5.74) is 2.04. The van der Waals surface area contributed by atoms with E-state index in [4.69, 9.17) is 16.3 Å². The van der Waals surface area contributed by atoms with Gasteiger partial charge in [0.25, 0.3) is 0 Å². The highest BCUT2D eigenvalue weighted by atomic mass is 35.5. The maximum absolute atomic E-state index is 13.7. The molecule has 2 fully saturated rings. The molecule has 0 saturated carbocycles. The van der Waals surface area contributed by atoms with Gasteiger partial charge in [-0.3, -0.25) is 19.5 Å². The lowest BCUT2D eigenvalue weighted by Crippen LogP contribution is -2.58. The zero-order valence-electron chi connectivity index (χ0n) is 21.6. The highest BCUT2D eigenvalue weighted by Gasteiger charge is 2.33. The molecule has 9 heteroatoms. The molecule has 0 N–H and O–H groups in total. The van der Waals surface area contributed by atoms with Crippen molar-refractivity contribution in [2.75, 3.05) is 45.9 Å². The van der Waals surface area contributed by atoms with E-state index >= 15 is 0 Å². The second-order valence-corrected chi connectivity index (χ2v) is 10.5. The minimum absolute atomic E-state index is 0.0384. The van der Waals surface area contributed by atoms with E-state index in [0.29, 0.717) is 50.8 Å². The Balaban J connectivity index is 1.44. The van der Waals surface area contributed by atoms with Crippen molar-refractivity contribution >= 4 is 23.9 Å². The van der Waals surface area contributed by atoms with Gasteiger partial charge in [-0.2, -0.15) is 0 Å². The number of morpholine rings is 1. The Kier molecular flexibility index (Phi) is 9.54. The minimum atomic E-state index is -0.238. The van der Waals surface area contributed by atoms with Gasteiger partial charge < -0.3 is 9.64 Å². The summed E-state index contributed by atoms with van der Waals surface area (Å²) in [4.78, 5) is 30.0. The molecule has 2 heterocycles. The van der Waals surface area contributed by atoms with Crippen molar-refractivity contribution in [3.63, 3.8) is 0 Å². The van der Waals surface area contributed by atoms with Crippen LogP contribution in [0.2, 0.25) is 5.02 Å². The van der Waals surface area contributed by atoms with Gasteiger partial charge in [-0.05, 0) is 49.2 Å². The van der Waals surface area contributed by atoms with Crippen molar-refractivity contribution in [3.8, 4) is 0 Å². The van der Waals surface area contributed by atoms with Crippen molar-refractivity contribution < 1.29 is 18.7 Å². The topological polar surface area (TPSA) is 56.3 Å². The number of hydrazine groups is 1. The lowest BCUT2D eigenvalue weighted by Gasteiger charge is -2.45. The van der Waals surface area contributed by atoms with E-state index in [9.17, 15) is 14.0 Å². The summed E-state index contributed by atoms with van der Waals surface area (Å²) >= 11 is 6.13. The van der Waals surface area contributed by atoms with E-state index in [2.05, 4.69) is 18.7 Å². The Labute approximate surface area is 223 Å². The monoisotopic (exact) mass is 530 g/mol. The zero-order valence-corrected chi connectivity index (χ0v) is 22.3. The normalized spacial score (nSPS) is 22.0. The second-order valence-electron chi connectivity index (χ2n) is 10.0. The summed E-state index contributed by atoms with van der Waals surface area (Å²) in [5.74, 6) is -0.330. The highest BCUT2D eigenvalue weighted by Crippen LogP contribution is 2.27. The molecular weight excluding hydrogens is 495 g/mol. The highest BCUT2D eigenvalue weighted by molar-refractivity contribution is 6.30. The van der Waals surface area contributed by atoms with Crippen LogP contribution in [0.3, 0.4) is 0 Å². The summed E-state index contributed by atoms with van der Waals surface area (Å²) in [5, 5.41) is 4.30. The second kappa shape index (κ2) is 12.8. The van der Waals surface area contributed by atoms with Gasteiger partial charge in [0.15, 0.2) is 0 Å². The predicted octanol–water partition coefficient (Wildman–Crippen LogP) is 3.78. The first-order valence-corrected chi connectivity index (χ1v) is 13.3. The Bertz CT molecular complexity index is 1030. The van der Waals surface area contributed by atoms with Crippen molar-refractivity contribution in [2.45, 2.75) is 44.8 Å². The van der Waals surface area contributed by atoms with Gasteiger partial charge in [-0.1, -0.05) is 35.9 Å². The van der Waals surface area contributed by atoms with Crippen LogP contribution in [-0.2, 0) is 20.9 Å². The molecule has 1 unspecified atom stereocenters. The quantitative estimate of drug-likeness (QED) is 0.462. The fourth-order valence-electron chi connectivity index (χ4n) is 5.20. The molecule has 2 aliphatic heterocycles. The van der Waals surface area contributed by atoms with Crippen molar-refractivity contribution in [2.24, 2.45) is 0 Å². The number of rotatable bonds is 9. The SMILES string of the molecule is C[C@@H]1CN(Cc2ccc(F)cc2)[C@@H](C)CN1C(=O)CC(CN(C=O)N1CCOCC1)c1ccc(Cl)cc1. The zero-order chi connectivity index (χ0) is 26.4. The summed E-state index contributed by atoms with van der Waals surface area (Å²) in [6, 6.07) is 14.3. The van der Waals surface area contributed by atoms with Crippen molar-refractivity contribution in [3.05, 3.63) is 70.5 Å². The van der Waals surface area contributed by atoms with E-state index < -0.39 is 0 Å². The standard InChI is InChI=1S/C28H36ClFN4O3/c1-21-17-34(22(2)16-31(21)18-23-3-9-27(30)10-4-23)28(36)15-25(24-5-7-26(29)8-6-24)19-33(20-35)32-11-13-37-14-12-32/h3-10,20-22,25H,11-19H2,1-2H3/t21-,22+,25?/m0/s1. The van der Waals surface area contributed by atoms with Gasteiger partial charge in [-0.15, -0.1) is 0 Å². The van der Waals surface area contributed by atoms with Gasteiger partial charge in [-0.25, -0.2) is 9.40 Å². The molecule has 2 saturated heterocycles. The van der Waals surface area contributed by atoms with E-state index in [-0.39, 0.29) is 29.7 Å². The molecule has 0 radical (unpaired) electrons. The Morgan fingerprint density at radius 2 is 1.76 bits per heavy atom. The predicted molar refractivity (Wildman–Crippen MR) is 141 cm³/mol. The Morgan fingerprint density at radius 1 is 1.08 bits per heavy atom. The maximum Gasteiger partial charge on any atom is 0.224 e. The van der Waals surface area contributed by atoms with Crippen LogP contribution in [0.5, 0.6) is 0 Å². The first-order chi connectivity index (χ1) is 17.8. The lowest BCUT2D eigenvalue weighted by molar-refractivity contribution is -0.146. The van der Waals surface area contributed by atoms with E-state index in [0.717, 1.165) is 30.6 Å². The molecule has 0 bridgehead atoms. The summed E-state index contributed by atoms with van der Waals surface area (Å²) < 4.78 is 18.7. The molecule has 4 rings (SSSR count). The Hall–Kier alpha value is -2.52. The van der Waals surface area contributed by atoms with Crippen LogP contribution in [0.1, 0.15) is 37.3 Å². The van der Waals surface area contributed by atoms with Crippen LogP contribution in [-0.4, -0.2) is 90.2 Å². The van der Waals surface area contributed by atoms with E-state index in [1.54, 1.807) is 5.01 Å². The summed E-state index contributed by atoms with van der Waals surface area (Å²) in [6.07, 6.45) is 1.14. The molecule has 200 valence electrons. The number of carbonyl (C=O) groups is 2. The maximum atomic E-state index is 13.7. The number of hydrogen-bond donors (Lipinski definition) is 0. The largest absolute Gasteiger partial charge is 0.379 e. The lowest BCUT2D eigenvalue weighted by atomic mass is 9.94. The molecule has 2 aromatic carbocycles. The number of halogens is 2. The molecule has 2 amide bonds. The number of carbonyl (C=O) groups excluding carboxylic acids is 2. The number of nitrogens with zero attached hydrogens (tertiary/aromatic N) is 4. The number of piperazine rings is 1. The molecule has 2 aliphatic rings. The number of ether oxygens (including phenoxy) is 1. The molecule has 0 aromatic heterocycles. The van der Waals surface area contributed by atoms with Crippen LogP contribution in [0, 0.1) is 5.82 Å². The molecule has 2 aromatic rings. The van der Waals surface area contributed by atoms with Crippen molar-refractivity contribution in [1.29, 1.82) is 0 Å². The van der Waals surface area contributed by atoms with Crippen LogP contribution in [0.4, 0.5) is 4.39 Å². The Morgan fingerprint density at radius 3 is 2.41 bits per heavy atom. The first-order valence-electron chi connectivity index (χ1n) is 12.9. The number of amides is 2. The van der Waals surface area contributed by atoms with Gasteiger partial charge >= 0.3 is 0 Å². The number of hydrogen-bond acceptors (Lipinski definition) is 5. The van der Waals surface area contributed by atoms with E-state index in [1.165, 1.54) is 12.1 Å². The van der Waals surface area contributed by atoms with Gasteiger partial charge in [0.2, 0.25) is 12.3 Å². The van der Waals surface area contributed by atoms with Crippen LogP contribution < -0.4 is 0 Å². The van der Waals surface area contributed by atoms with Gasteiger partial charge in [0, 0.05) is 68.7 Å². The van der Waals surface area contributed by atoms with Crippen LogP contribution in [0.15, 0.2) is 48.5 Å². The molecule has 7 nitrogen and oxygen atoms in total. The average molecular weight is 531 g/mol. The van der Waals surface area contributed by atoms with Crippen LogP contribution in [0.25, 0.3) is 0 Å². The number of benzene rings is 2. The third-order valence-electron chi connectivity index (χ3n) is 7.38. The third-order valence-corrected chi connectivity index (χ3v) is 7.63. The third kappa shape index (κ3) is 7.29. The molecule has 0 aliphatic carbocycles. The molecule has 37 heavy (non-hydrogen) atoms. The first kappa shape index (κ1) is 27.5. The van der Waals surface area contributed by atoms with Crippen LogP contribution >= 0.6 is 11.6 Å². The minimum Gasteiger partial charge on any atom is -0.379 e. The van der Waals surface area contributed by atoms with Crippen molar-refractivity contribution in [1.82, 2.24) is 19.8 Å². The fourth-order valence-corrected chi connectivity index (χ4v) is 5.33.